The maximum absolute atomic E-state index is 12.2. The van der Waals surface area contributed by atoms with Gasteiger partial charge in [0.05, 0.1) is 26.1 Å². The van der Waals surface area contributed by atoms with Gasteiger partial charge in [-0.2, -0.15) is 0 Å². The molecule has 0 rings (SSSR count). The Hall–Kier alpha value is -1.62. The van der Waals surface area contributed by atoms with Gasteiger partial charge in [0.25, 0.3) is 0 Å². The standard InChI is InChI=1S/C23H42NO4/c1-7-13-14-15-16-17-18-19-20-23(27-21(25)8-2,28-22(26)9-3)24(10-4,11-5)12-6/h8-9H,2-3,7,10-20H2,1,4-6H3/q+1. The second-order valence-corrected chi connectivity index (χ2v) is 7.28. The summed E-state index contributed by atoms with van der Waals surface area (Å²) >= 11 is 0. The van der Waals surface area contributed by atoms with Crippen LogP contribution >= 0.6 is 0 Å². The third kappa shape index (κ3) is 7.78. The number of rotatable bonds is 17. The third-order valence-electron chi connectivity index (χ3n) is 5.74. The molecule has 162 valence electrons. The molecule has 0 aliphatic rings. The van der Waals surface area contributed by atoms with Crippen molar-refractivity contribution in [3.8, 4) is 0 Å². The molecule has 5 nitrogen and oxygen atoms in total. The van der Waals surface area contributed by atoms with Gasteiger partial charge in [0, 0.05) is 12.2 Å². The van der Waals surface area contributed by atoms with E-state index in [2.05, 4.69) is 20.1 Å². The lowest BCUT2D eigenvalue weighted by atomic mass is 10.0. The molecule has 0 N–H and O–H groups in total. The molecule has 0 aromatic heterocycles. The predicted molar refractivity (Wildman–Crippen MR) is 114 cm³/mol. The van der Waals surface area contributed by atoms with Crippen molar-refractivity contribution in [1.29, 1.82) is 0 Å². The van der Waals surface area contributed by atoms with Gasteiger partial charge in [-0.25, -0.2) is 14.1 Å². The quantitative estimate of drug-likeness (QED) is 0.107. The fourth-order valence-corrected chi connectivity index (χ4v) is 3.83. The molecule has 0 aromatic carbocycles. The van der Waals surface area contributed by atoms with Gasteiger partial charge in [-0.3, -0.25) is 0 Å². The zero-order valence-electron chi connectivity index (χ0n) is 18.6. The lowest BCUT2D eigenvalue weighted by Gasteiger charge is -2.48. The molecule has 0 atom stereocenters. The molecule has 0 aromatic rings. The fourth-order valence-electron chi connectivity index (χ4n) is 3.83. The molecular weight excluding hydrogens is 354 g/mol. The number of nitrogens with zero attached hydrogens (tertiary/aromatic N) is 1. The summed E-state index contributed by atoms with van der Waals surface area (Å²) in [5.74, 6) is -2.50. The van der Waals surface area contributed by atoms with E-state index in [1.165, 1.54) is 32.1 Å². The van der Waals surface area contributed by atoms with E-state index in [0.29, 0.717) is 30.5 Å². The summed E-state index contributed by atoms with van der Waals surface area (Å²) < 4.78 is 11.9. The Kier molecular flexibility index (Phi) is 13.6. The normalized spacial score (nSPS) is 11.7. The summed E-state index contributed by atoms with van der Waals surface area (Å²) in [6, 6.07) is 0. The molecule has 0 unspecified atom stereocenters. The highest BCUT2D eigenvalue weighted by Crippen LogP contribution is 2.34. The van der Waals surface area contributed by atoms with Crippen molar-refractivity contribution in [2.24, 2.45) is 0 Å². The van der Waals surface area contributed by atoms with Crippen LogP contribution in [-0.4, -0.2) is 42.0 Å². The van der Waals surface area contributed by atoms with Gasteiger partial charge in [-0.1, -0.05) is 65.0 Å². The highest BCUT2D eigenvalue weighted by atomic mass is 16.8. The first-order valence-electron chi connectivity index (χ1n) is 11.0. The van der Waals surface area contributed by atoms with Gasteiger partial charge in [0.15, 0.2) is 0 Å². The van der Waals surface area contributed by atoms with Crippen molar-refractivity contribution in [2.45, 2.75) is 91.4 Å². The van der Waals surface area contributed by atoms with Gasteiger partial charge in [-0.05, 0) is 27.2 Å². The average Bonchev–Trinajstić information content (AvgIpc) is 2.71. The summed E-state index contributed by atoms with van der Waals surface area (Å²) in [5, 5.41) is 0. The molecule has 0 saturated heterocycles. The van der Waals surface area contributed by atoms with E-state index >= 15 is 0 Å². The van der Waals surface area contributed by atoms with Crippen LogP contribution in [0.2, 0.25) is 0 Å². The van der Waals surface area contributed by atoms with E-state index in [0.717, 1.165) is 31.4 Å². The fraction of sp³-hybridized carbons (Fsp3) is 0.739. The third-order valence-corrected chi connectivity index (χ3v) is 5.74. The molecule has 5 heteroatoms. The smallest absolute Gasteiger partial charge is 0.371 e. The molecule has 0 aliphatic carbocycles. The van der Waals surface area contributed by atoms with Crippen LogP contribution in [0.3, 0.4) is 0 Å². The number of hydrogen-bond donors (Lipinski definition) is 0. The Morgan fingerprint density at radius 2 is 1.14 bits per heavy atom. The Morgan fingerprint density at radius 1 is 0.750 bits per heavy atom. The zero-order valence-corrected chi connectivity index (χ0v) is 18.6. The second-order valence-electron chi connectivity index (χ2n) is 7.28. The first kappa shape index (κ1) is 26.4. The van der Waals surface area contributed by atoms with Gasteiger partial charge in [0.1, 0.15) is 0 Å². The first-order valence-corrected chi connectivity index (χ1v) is 11.0. The molecule has 0 aliphatic heterocycles. The Morgan fingerprint density at radius 3 is 1.50 bits per heavy atom. The molecule has 0 amide bonds. The van der Waals surface area contributed by atoms with E-state index < -0.39 is 17.8 Å². The minimum Gasteiger partial charge on any atom is -0.371 e. The summed E-state index contributed by atoms with van der Waals surface area (Å²) in [4.78, 5) is 24.3. The molecule has 0 saturated carbocycles. The van der Waals surface area contributed by atoms with E-state index in [1.807, 2.05) is 20.8 Å². The van der Waals surface area contributed by atoms with E-state index in [-0.39, 0.29) is 0 Å². The second kappa shape index (κ2) is 14.4. The van der Waals surface area contributed by atoms with Crippen LogP contribution in [0.4, 0.5) is 0 Å². The summed E-state index contributed by atoms with van der Waals surface area (Å²) in [7, 11) is 0. The number of hydrogen-bond acceptors (Lipinski definition) is 4. The SMILES string of the molecule is C=CC(=O)OC(CCCCCCCCCC)(OC(=O)C=C)[N+](CC)(CC)CC. The van der Waals surface area contributed by atoms with Gasteiger partial charge >= 0.3 is 17.8 Å². The molecule has 0 spiro atoms. The highest BCUT2D eigenvalue weighted by Gasteiger charge is 2.55. The highest BCUT2D eigenvalue weighted by molar-refractivity contribution is 5.83. The molecule has 0 heterocycles. The number of carbonyl (C=O) groups excluding carboxylic acids is 2. The van der Waals surface area contributed by atoms with Gasteiger partial charge in [0.2, 0.25) is 0 Å². The number of carbonyl (C=O) groups is 2. The van der Waals surface area contributed by atoms with Crippen molar-refractivity contribution >= 4 is 11.9 Å². The number of ether oxygens (including phenoxy) is 2. The Bertz CT molecular complexity index is 453. The van der Waals surface area contributed by atoms with Crippen molar-refractivity contribution in [3.05, 3.63) is 25.3 Å². The van der Waals surface area contributed by atoms with Crippen LogP contribution in [0.25, 0.3) is 0 Å². The number of unbranched alkanes of at least 4 members (excludes halogenated alkanes) is 7. The maximum Gasteiger partial charge on any atom is 0.408 e. The molecule has 0 fully saturated rings. The minimum atomic E-state index is -1.35. The summed E-state index contributed by atoms with van der Waals surface area (Å²) in [5.41, 5.74) is 0. The zero-order chi connectivity index (χ0) is 21.5. The van der Waals surface area contributed by atoms with Crippen LogP contribution < -0.4 is 0 Å². The van der Waals surface area contributed by atoms with Crippen LogP contribution in [-0.2, 0) is 19.1 Å². The van der Waals surface area contributed by atoms with E-state index in [9.17, 15) is 9.59 Å². The van der Waals surface area contributed by atoms with Crippen LogP contribution in [0.15, 0.2) is 25.3 Å². The molecule has 0 bridgehead atoms. The minimum absolute atomic E-state index is 0.364. The van der Waals surface area contributed by atoms with Gasteiger partial charge in [-0.15, -0.1) is 0 Å². The van der Waals surface area contributed by atoms with Crippen molar-refractivity contribution in [1.82, 2.24) is 0 Å². The largest absolute Gasteiger partial charge is 0.408 e. The monoisotopic (exact) mass is 396 g/mol. The van der Waals surface area contributed by atoms with Crippen molar-refractivity contribution in [2.75, 3.05) is 19.6 Å². The Labute approximate surface area is 172 Å². The average molecular weight is 397 g/mol. The van der Waals surface area contributed by atoms with E-state index in [1.54, 1.807) is 0 Å². The number of quaternary nitrogens is 1. The van der Waals surface area contributed by atoms with Gasteiger partial charge < -0.3 is 9.47 Å². The lowest BCUT2D eigenvalue weighted by Crippen LogP contribution is -2.68. The molecule has 0 radical (unpaired) electrons. The van der Waals surface area contributed by atoms with Crippen molar-refractivity contribution < 1.29 is 23.5 Å². The van der Waals surface area contributed by atoms with Crippen LogP contribution in [0, 0.1) is 0 Å². The van der Waals surface area contributed by atoms with Crippen LogP contribution in [0.5, 0.6) is 0 Å². The Balaban J connectivity index is 5.36. The lowest BCUT2D eigenvalue weighted by molar-refractivity contribution is -1.02. The predicted octanol–water partition coefficient (Wildman–Crippen LogP) is 5.51. The van der Waals surface area contributed by atoms with Crippen LogP contribution in [0.1, 0.15) is 85.5 Å². The number of esters is 2. The molecule has 28 heavy (non-hydrogen) atoms. The first-order chi connectivity index (χ1) is 13.4. The maximum atomic E-state index is 12.2. The summed E-state index contributed by atoms with van der Waals surface area (Å²) in [6.45, 7) is 17.3. The molecular formula is C23H42NO4+. The van der Waals surface area contributed by atoms with Crippen molar-refractivity contribution in [3.63, 3.8) is 0 Å². The van der Waals surface area contributed by atoms with E-state index in [4.69, 9.17) is 9.47 Å². The summed E-state index contributed by atoms with van der Waals surface area (Å²) in [6.07, 6.45) is 12.0. The topological polar surface area (TPSA) is 52.6 Å².